The van der Waals surface area contributed by atoms with Crippen LogP contribution < -0.4 is 0 Å². The quantitative estimate of drug-likeness (QED) is 0.511. The fourth-order valence-corrected chi connectivity index (χ4v) is 1.37. The van der Waals surface area contributed by atoms with E-state index in [1.807, 2.05) is 12.2 Å². The van der Waals surface area contributed by atoms with Gasteiger partial charge in [-0.1, -0.05) is 19.9 Å². The first-order chi connectivity index (χ1) is 6.58. The lowest BCUT2D eigenvalue weighted by atomic mass is 10.2. The molecule has 1 aliphatic rings. The van der Waals surface area contributed by atoms with Crippen LogP contribution in [0.3, 0.4) is 0 Å². The molecule has 0 aromatic carbocycles. The number of carbonyl (C=O) groups is 1. The van der Waals surface area contributed by atoms with Crippen molar-refractivity contribution < 1.29 is 14.3 Å². The maximum Gasteiger partial charge on any atom is 0.303 e. The van der Waals surface area contributed by atoms with E-state index in [9.17, 15) is 4.79 Å². The molecule has 14 heavy (non-hydrogen) atoms. The van der Waals surface area contributed by atoms with E-state index in [0.717, 1.165) is 13.0 Å². The summed E-state index contributed by atoms with van der Waals surface area (Å²) in [5.74, 6) is 0.306. The molecule has 80 valence electrons. The van der Waals surface area contributed by atoms with E-state index in [1.54, 1.807) is 0 Å². The fourth-order valence-electron chi connectivity index (χ4n) is 1.37. The molecule has 0 aromatic rings. The monoisotopic (exact) mass is 198 g/mol. The topological polar surface area (TPSA) is 35.5 Å². The zero-order chi connectivity index (χ0) is 10.6. The van der Waals surface area contributed by atoms with Gasteiger partial charge < -0.3 is 9.47 Å². The number of hydrogen-bond donors (Lipinski definition) is 0. The van der Waals surface area contributed by atoms with Gasteiger partial charge in [0.15, 0.2) is 0 Å². The van der Waals surface area contributed by atoms with Gasteiger partial charge in [-0.2, -0.15) is 0 Å². The minimum Gasteiger partial charge on any atom is -0.458 e. The molecule has 3 heteroatoms. The maximum absolute atomic E-state index is 10.7. The Hall–Kier alpha value is -0.830. The lowest BCUT2D eigenvalue weighted by molar-refractivity contribution is -0.144. The lowest BCUT2D eigenvalue weighted by Gasteiger charge is -2.14. The van der Waals surface area contributed by atoms with Crippen LogP contribution >= 0.6 is 0 Å². The van der Waals surface area contributed by atoms with Crippen LogP contribution in [0.5, 0.6) is 0 Å². The molecule has 0 aromatic heterocycles. The first-order valence-electron chi connectivity index (χ1n) is 5.05. The van der Waals surface area contributed by atoms with Crippen molar-refractivity contribution in [3.63, 3.8) is 0 Å². The summed E-state index contributed by atoms with van der Waals surface area (Å²) in [6.07, 6.45) is 4.64. The van der Waals surface area contributed by atoms with Crippen LogP contribution in [0.4, 0.5) is 0 Å². The highest BCUT2D eigenvalue weighted by atomic mass is 16.5. The second-order valence-corrected chi connectivity index (χ2v) is 4.03. The summed E-state index contributed by atoms with van der Waals surface area (Å²) in [4.78, 5) is 10.7. The molecule has 0 bridgehead atoms. The van der Waals surface area contributed by atoms with Crippen molar-refractivity contribution in [1.82, 2.24) is 0 Å². The zero-order valence-electron chi connectivity index (χ0n) is 9.03. The summed E-state index contributed by atoms with van der Waals surface area (Å²) in [6.45, 7) is 6.41. The molecular formula is C11H18O3. The fraction of sp³-hybridized carbons (Fsp3) is 0.727. The van der Waals surface area contributed by atoms with Crippen LogP contribution in [0, 0.1) is 5.92 Å². The highest BCUT2D eigenvalue weighted by Gasteiger charge is 2.21. The Morgan fingerprint density at radius 3 is 2.64 bits per heavy atom. The average Bonchev–Trinajstić information content (AvgIpc) is 2.47. The van der Waals surface area contributed by atoms with Gasteiger partial charge in [-0.25, -0.2) is 0 Å². The van der Waals surface area contributed by atoms with Gasteiger partial charge in [0.25, 0.3) is 0 Å². The van der Waals surface area contributed by atoms with E-state index in [0.29, 0.717) is 5.92 Å². The minimum absolute atomic E-state index is 0.0929. The Morgan fingerprint density at radius 1 is 1.43 bits per heavy atom. The molecule has 2 atom stereocenters. The minimum atomic E-state index is -0.232. The molecule has 0 saturated carbocycles. The molecule has 0 aliphatic heterocycles. The summed E-state index contributed by atoms with van der Waals surface area (Å²) < 4.78 is 10.6. The summed E-state index contributed by atoms with van der Waals surface area (Å²) in [5.41, 5.74) is 0. The van der Waals surface area contributed by atoms with E-state index in [4.69, 9.17) is 9.47 Å². The highest BCUT2D eigenvalue weighted by molar-refractivity contribution is 5.66. The Bertz CT molecular complexity index is 221. The van der Waals surface area contributed by atoms with Crippen molar-refractivity contribution in [2.24, 2.45) is 5.92 Å². The number of ether oxygens (including phenoxy) is 2. The van der Waals surface area contributed by atoms with Crippen LogP contribution in [0.1, 0.15) is 27.2 Å². The van der Waals surface area contributed by atoms with E-state index in [2.05, 4.69) is 13.8 Å². The SMILES string of the molecule is CC(=O)O[C@@H]1C=C[C@H](OCC(C)C)C1. The molecule has 3 nitrogen and oxygen atoms in total. The third kappa shape index (κ3) is 3.92. The maximum atomic E-state index is 10.7. The number of hydrogen-bond acceptors (Lipinski definition) is 3. The third-order valence-electron chi connectivity index (χ3n) is 1.97. The van der Waals surface area contributed by atoms with Gasteiger partial charge in [-0.3, -0.25) is 4.79 Å². The number of carbonyl (C=O) groups excluding carboxylic acids is 1. The van der Waals surface area contributed by atoms with E-state index >= 15 is 0 Å². The predicted octanol–water partition coefficient (Wildman–Crippen LogP) is 1.92. The van der Waals surface area contributed by atoms with Gasteiger partial charge >= 0.3 is 5.97 Å². The van der Waals surface area contributed by atoms with Crippen molar-refractivity contribution in [3.8, 4) is 0 Å². The molecule has 0 saturated heterocycles. The number of rotatable bonds is 4. The normalized spacial score (nSPS) is 25.7. The van der Waals surface area contributed by atoms with E-state index < -0.39 is 0 Å². The second-order valence-electron chi connectivity index (χ2n) is 4.03. The summed E-state index contributed by atoms with van der Waals surface area (Å²) in [7, 11) is 0. The third-order valence-corrected chi connectivity index (χ3v) is 1.97. The van der Waals surface area contributed by atoms with Crippen LogP contribution in [-0.4, -0.2) is 24.8 Å². The van der Waals surface area contributed by atoms with Crippen LogP contribution in [0.25, 0.3) is 0 Å². The zero-order valence-corrected chi connectivity index (χ0v) is 9.03. The lowest BCUT2D eigenvalue weighted by Crippen LogP contribution is -2.17. The Labute approximate surface area is 85.1 Å². The summed E-state index contributed by atoms with van der Waals surface area (Å²) in [6, 6.07) is 0. The van der Waals surface area contributed by atoms with Gasteiger partial charge in [0.1, 0.15) is 6.10 Å². The second kappa shape index (κ2) is 5.15. The van der Waals surface area contributed by atoms with Crippen LogP contribution in [-0.2, 0) is 14.3 Å². The van der Waals surface area contributed by atoms with Crippen molar-refractivity contribution in [2.75, 3.05) is 6.61 Å². The molecule has 1 aliphatic carbocycles. The van der Waals surface area contributed by atoms with Crippen molar-refractivity contribution in [3.05, 3.63) is 12.2 Å². The van der Waals surface area contributed by atoms with Gasteiger partial charge in [-0.05, 0) is 12.0 Å². The number of esters is 1. The van der Waals surface area contributed by atoms with Crippen LogP contribution in [0.2, 0.25) is 0 Å². The molecule has 0 radical (unpaired) electrons. The standard InChI is InChI=1S/C11H18O3/c1-8(2)7-13-10-4-5-11(6-10)14-9(3)12/h4-5,8,10-11H,6-7H2,1-3H3/t10-,11+/m0/s1. The van der Waals surface area contributed by atoms with Gasteiger partial charge in [0, 0.05) is 20.0 Å². The van der Waals surface area contributed by atoms with Crippen molar-refractivity contribution in [2.45, 2.75) is 39.4 Å². The molecule has 0 heterocycles. The molecule has 0 amide bonds. The smallest absolute Gasteiger partial charge is 0.303 e. The summed E-state index contributed by atoms with van der Waals surface area (Å²) in [5, 5.41) is 0. The Morgan fingerprint density at radius 2 is 2.07 bits per heavy atom. The largest absolute Gasteiger partial charge is 0.458 e. The highest BCUT2D eigenvalue weighted by Crippen LogP contribution is 2.17. The van der Waals surface area contributed by atoms with E-state index in [1.165, 1.54) is 6.92 Å². The average molecular weight is 198 g/mol. The van der Waals surface area contributed by atoms with E-state index in [-0.39, 0.29) is 18.2 Å². The van der Waals surface area contributed by atoms with Crippen molar-refractivity contribution >= 4 is 5.97 Å². The van der Waals surface area contributed by atoms with Gasteiger partial charge in [-0.15, -0.1) is 0 Å². The predicted molar refractivity (Wildman–Crippen MR) is 53.9 cm³/mol. The molecule has 0 spiro atoms. The summed E-state index contributed by atoms with van der Waals surface area (Å²) >= 11 is 0. The Kier molecular flexibility index (Phi) is 4.14. The van der Waals surface area contributed by atoms with Gasteiger partial charge in [0.05, 0.1) is 6.10 Å². The van der Waals surface area contributed by atoms with Crippen LogP contribution in [0.15, 0.2) is 12.2 Å². The van der Waals surface area contributed by atoms with Crippen molar-refractivity contribution in [1.29, 1.82) is 0 Å². The first kappa shape index (κ1) is 11.2. The van der Waals surface area contributed by atoms with Gasteiger partial charge in [0.2, 0.25) is 0 Å². The molecule has 0 unspecified atom stereocenters. The Balaban J connectivity index is 2.22. The molecular weight excluding hydrogens is 180 g/mol. The molecule has 0 N–H and O–H groups in total. The first-order valence-corrected chi connectivity index (χ1v) is 5.05. The molecule has 1 rings (SSSR count). The molecule has 0 fully saturated rings.